The summed E-state index contributed by atoms with van der Waals surface area (Å²) in [6.45, 7) is -0.627. The summed E-state index contributed by atoms with van der Waals surface area (Å²) >= 11 is 0. The number of ether oxygens (including phenoxy) is 1. The van der Waals surface area contributed by atoms with Crippen LogP contribution in [0.5, 0.6) is 0 Å². The van der Waals surface area contributed by atoms with Crippen LogP contribution in [-0.2, 0) is 4.74 Å². The van der Waals surface area contributed by atoms with E-state index in [1.165, 1.54) is 0 Å². The Balaban J connectivity index is 2.55. The average Bonchev–Trinajstić information content (AvgIpc) is 2.41. The van der Waals surface area contributed by atoms with Gasteiger partial charge in [-0.2, -0.15) is 13.2 Å². The van der Waals surface area contributed by atoms with Crippen LogP contribution in [0.1, 0.15) is 38.5 Å². The van der Waals surface area contributed by atoms with E-state index >= 15 is 0 Å². The summed E-state index contributed by atoms with van der Waals surface area (Å²) in [5.41, 5.74) is -0.610. The molecule has 1 N–H and O–H groups in total. The van der Waals surface area contributed by atoms with Crippen molar-refractivity contribution in [3.05, 3.63) is 0 Å². The number of halogens is 3. The SMILES string of the molecule is CNCC1(OCC(F)(F)F)CCCCCC1. The molecule has 0 bridgehead atoms. The molecule has 2 nitrogen and oxygen atoms in total. The van der Waals surface area contributed by atoms with Gasteiger partial charge < -0.3 is 10.1 Å². The molecule has 0 amide bonds. The molecule has 0 aromatic carbocycles. The summed E-state index contributed by atoms with van der Waals surface area (Å²) in [4.78, 5) is 0. The molecule has 1 saturated carbocycles. The number of alkyl halides is 3. The zero-order valence-electron chi connectivity index (χ0n) is 9.70. The van der Waals surface area contributed by atoms with Crippen molar-refractivity contribution in [2.75, 3.05) is 20.2 Å². The van der Waals surface area contributed by atoms with Crippen LogP contribution in [-0.4, -0.2) is 32.0 Å². The summed E-state index contributed by atoms with van der Waals surface area (Å²) in [5.74, 6) is 0. The topological polar surface area (TPSA) is 21.3 Å². The van der Waals surface area contributed by atoms with Crippen molar-refractivity contribution in [3.8, 4) is 0 Å². The van der Waals surface area contributed by atoms with Crippen LogP contribution in [0.4, 0.5) is 13.2 Å². The zero-order valence-corrected chi connectivity index (χ0v) is 9.70. The van der Waals surface area contributed by atoms with Crippen molar-refractivity contribution in [1.82, 2.24) is 5.32 Å². The Labute approximate surface area is 94.5 Å². The molecular formula is C11H20F3NO. The van der Waals surface area contributed by atoms with Gasteiger partial charge in [0.05, 0.1) is 5.60 Å². The van der Waals surface area contributed by atoms with Gasteiger partial charge in [-0.15, -0.1) is 0 Å². The average molecular weight is 239 g/mol. The molecule has 0 spiro atoms. The fraction of sp³-hybridized carbons (Fsp3) is 1.00. The summed E-state index contributed by atoms with van der Waals surface area (Å²) < 4.78 is 41.7. The molecule has 5 heteroatoms. The van der Waals surface area contributed by atoms with Crippen LogP contribution in [0.25, 0.3) is 0 Å². The van der Waals surface area contributed by atoms with E-state index in [4.69, 9.17) is 4.74 Å². The lowest BCUT2D eigenvalue weighted by Crippen LogP contribution is -2.43. The van der Waals surface area contributed by atoms with Crippen LogP contribution in [0.15, 0.2) is 0 Å². The van der Waals surface area contributed by atoms with Gasteiger partial charge in [-0.3, -0.25) is 0 Å². The van der Waals surface area contributed by atoms with Gasteiger partial charge in [0, 0.05) is 6.54 Å². The Morgan fingerprint density at radius 2 is 1.69 bits per heavy atom. The normalized spacial score (nSPS) is 21.8. The second kappa shape index (κ2) is 5.87. The van der Waals surface area contributed by atoms with E-state index in [0.29, 0.717) is 6.54 Å². The number of rotatable bonds is 4. The van der Waals surface area contributed by atoms with Gasteiger partial charge in [-0.05, 0) is 19.9 Å². The first kappa shape index (κ1) is 13.8. The fourth-order valence-electron chi connectivity index (χ4n) is 2.30. The second-order valence-electron chi connectivity index (χ2n) is 4.53. The molecule has 0 heterocycles. The quantitative estimate of drug-likeness (QED) is 0.762. The highest BCUT2D eigenvalue weighted by atomic mass is 19.4. The smallest absolute Gasteiger partial charge is 0.364 e. The third kappa shape index (κ3) is 4.70. The molecule has 96 valence electrons. The Morgan fingerprint density at radius 3 is 2.12 bits per heavy atom. The predicted molar refractivity (Wildman–Crippen MR) is 56.4 cm³/mol. The lowest BCUT2D eigenvalue weighted by Gasteiger charge is -2.33. The molecular weight excluding hydrogens is 219 g/mol. The predicted octanol–water partition coefficient (Wildman–Crippen LogP) is 2.88. The molecule has 1 aliphatic carbocycles. The van der Waals surface area contributed by atoms with E-state index in [-0.39, 0.29) is 0 Å². The van der Waals surface area contributed by atoms with E-state index in [9.17, 15) is 13.2 Å². The maximum absolute atomic E-state index is 12.2. The monoisotopic (exact) mass is 239 g/mol. The standard InChI is InChI=1S/C11H20F3NO/c1-15-8-10(16-9-11(12,13)14)6-4-2-3-5-7-10/h15H,2-9H2,1H3. The molecule has 16 heavy (non-hydrogen) atoms. The fourth-order valence-corrected chi connectivity index (χ4v) is 2.30. The molecule has 0 aliphatic heterocycles. The minimum atomic E-state index is -4.23. The van der Waals surface area contributed by atoms with Gasteiger partial charge in [-0.25, -0.2) is 0 Å². The van der Waals surface area contributed by atoms with Crippen LogP contribution in [0, 0.1) is 0 Å². The number of likely N-dealkylation sites (N-methyl/N-ethyl adjacent to an activating group) is 1. The first-order chi connectivity index (χ1) is 7.47. The van der Waals surface area contributed by atoms with Gasteiger partial charge in [0.25, 0.3) is 0 Å². The maximum atomic E-state index is 12.2. The van der Waals surface area contributed by atoms with Gasteiger partial charge in [0.2, 0.25) is 0 Å². The first-order valence-corrected chi connectivity index (χ1v) is 5.83. The van der Waals surface area contributed by atoms with Crippen LogP contribution in [0.3, 0.4) is 0 Å². The van der Waals surface area contributed by atoms with E-state index in [1.807, 2.05) is 0 Å². The number of nitrogens with one attached hydrogen (secondary N) is 1. The molecule has 1 aliphatic rings. The third-order valence-electron chi connectivity index (χ3n) is 3.06. The number of hydrogen-bond donors (Lipinski definition) is 1. The van der Waals surface area contributed by atoms with Gasteiger partial charge in [0.1, 0.15) is 6.61 Å². The third-order valence-corrected chi connectivity index (χ3v) is 3.06. The molecule has 0 unspecified atom stereocenters. The summed E-state index contributed by atoms with van der Waals surface area (Å²) in [6, 6.07) is 0. The van der Waals surface area contributed by atoms with Gasteiger partial charge in [-0.1, -0.05) is 25.7 Å². The van der Waals surface area contributed by atoms with Crippen LogP contribution >= 0.6 is 0 Å². The van der Waals surface area contributed by atoms with Crippen LogP contribution in [0.2, 0.25) is 0 Å². The zero-order chi connectivity index (χ0) is 12.1. The second-order valence-corrected chi connectivity index (χ2v) is 4.53. The Morgan fingerprint density at radius 1 is 1.12 bits per heavy atom. The van der Waals surface area contributed by atoms with E-state index in [2.05, 4.69) is 5.32 Å². The molecule has 0 atom stereocenters. The highest BCUT2D eigenvalue weighted by Gasteiger charge is 2.36. The minimum Gasteiger partial charge on any atom is -0.364 e. The van der Waals surface area contributed by atoms with E-state index < -0.39 is 18.4 Å². The Bertz CT molecular complexity index is 198. The molecule has 1 rings (SSSR count). The molecule has 0 saturated heterocycles. The Hall–Kier alpha value is -0.290. The number of hydrogen-bond acceptors (Lipinski definition) is 2. The van der Waals surface area contributed by atoms with E-state index in [0.717, 1.165) is 38.5 Å². The summed E-state index contributed by atoms with van der Waals surface area (Å²) in [5, 5.41) is 2.95. The first-order valence-electron chi connectivity index (χ1n) is 5.83. The van der Waals surface area contributed by atoms with Crippen molar-refractivity contribution in [3.63, 3.8) is 0 Å². The molecule has 0 radical (unpaired) electrons. The Kier molecular flexibility index (Phi) is 5.05. The molecule has 0 aromatic heterocycles. The summed E-state index contributed by atoms with van der Waals surface area (Å²) in [6.07, 6.45) is 1.33. The van der Waals surface area contributed by atoms with Crippen molar-refractivity contribution >= 4 is 0 Å². The summed E-state index contributed by atoms with van der Waals surface area (Å²) in [7, 11) is 1.75. The van der Waals surface area contributed by atoms with Crippen molar-refractivity contribution in [2.24, 2.45) is 0 Å². The largest absolute Gasteiger partial charge is 0.411 e. The highest BCUT2D eigenvalue weighted by Crippen LogP contribution is 2.31. The lowest BCUT2D eigenvalue weighted by molar-refractivity contribution is -0.207. The van der Waals surface area contributed by atoms with E-state index in [1.54, 1.807) is 7.05 Å². The van der Waals surface area contributed by atoms with Crippen molar-refractivity contribution < 1.29 is 17.9 Å². The van der Waals surface area contributed by atoms with Crippen LogP contribution < -0.4 is 5.32 Å². The molecule has 1 fully saturated rings. The highest BCUT2D eigenvalue weighted by molar-refractivity contribution is 4.85. The van der Waals surface area contributed by atoms with Gasteiger partial charge >= 0.3 is 6.18 Å². The van der Waals surface area contributed by atoms with Crippen molar-refractivity contribution in [2.45, 2.75) is 50.3 Å². The minimum absolute atomic E-state index is 0.503. The van der Waals surface area contributed by atoms with Crippen molar-refractivity contribution in [1.29, 1.82) is 0 Å². The van der Waals surface area contributed by atoms with Gasteiger partial charge in [0.15, 0.2) is 0 Å². The maximum Gasteiger partial charge on any atom is 0.411 e. The molecule has 0 aromatic rings. The lowest BCUT2D eigenvalue weighted by atomic mass is 9.94.